The highest BCUT2D eigenvalue weighted by Gasteiger charge is 2.50. The molecule has 48 heavy (non-hydrogen) atoms. The molecule has 8 nitrogen and oxygen atoms in total. The summed E-state index contributed by atoms with van der Waals surface area (Å²) >= 11 is 7.03. The second kappa shape index (κ2) is 15.6. The number of hydrogen-bond donors (Lipinski definition) is 3. The highest BCUT2D eigenvalue weighted by Crippen LogP contribution is 2.37. The van der Waals surface area contributed by atoms with E-state index in [1.165, 1.54) is 16.4 Å². The minimum Gasteiger partial charge on any atom is -0.406 e. The van der Waals surface area contributed by atoms with Gasteiger partial charge in [0.1, 0.15) is 5.82 Å². The first kappa shape index (κ1) is 35.6. The average Bonchev–Trinajstić information content (AvgIpc) is 3.52. The minimum atomic E-state index is -2.74. The molecule has 2 heterocycles. The third-order valence-corrected chi connectivity index (χ3v) is 14.8. The normalized spacial score (nSPS) is 14.6. The number of hydrogen-bond acceptors (Lipinski definition) is 6. The fourth-order valence-electron chi connectivity index (χ4n) is 6.15. The average molecular weight is 709 g/mol. The van der Waals surface area contributed by atoms with Crippen LogP contribution in [0.3, 0.4) is 0 Å². The number of rotatable bonds is 13. The van der Waals surface area contributed by atoms with E-state index in [1.54, 1.807) is 34.1 Å². The van der Waals surface area contributed by atoms with Crippen molar-refractivity contribution in [3.8, 4) is 0 Å². The quantitative estimate of drug-likeness (QED) is 0.149. The van der Waals surface area contributed by atoms with Gasteiger partial charge in [-0.3, -0.25) is 9.69 Å². The van der Waals surface area contributed by atoms with Crippen LogP contribution < -0.4 is 25.9 Å². The van der Waals surface area contributed by atoms with E-state index in [0.29, 0.717) is 41.1 Å². The van der Waals surface area contributed by atoms with Crippen LogP contribution in [0.25, 0.3) is 0 Å². The monoisotopic (exact) mass is 708 g/mol. The minimum absolute atomic E-state index is 0.0149. The second-order valence-corrected chi connectivity index (χ2v) is 18.8. The van der Waals surface area contributed by atoms with Crippen LogP contribution in [0, 0.1) is 5.82 Å². The molecule has 1 saturated heterocycles. The van der Waals surface area contributed by atoms with E-state index in [2.05, 4.69) is 55.7 Å². The number of halogens is 2. The molecular formula is C36H42ClFN4O4SSi. The Morgan fingerprint density at radius 2 is 1.67 bits per heavy atom. The Morgan fingerprint density at radius 1 is 1.00 bits per heavy atom. The standard InChI is InChI=1S/C36H42ClFN4O4SSi/c1-36(2,3)48(28-11-6-4-7-12-28,29-13-8-5-9-14-29)46-22-21-41-19-10-20-42(35(41)45)26-15-16-31(30(38)23-26)39-24-27(43)25-40-34(44)32-17-18-33(37)47-32/h4-9,11-18,23,27,39,43H,10,19-22,24-25H2,1-3H3,(H,40,44)/t27-/m1/s1. The van der Waals surface area contributed by atoms with Gasteiger partial charge in [-0.1, -0.05) is 93.0 Å². The maximum Gasteiger partial charge on any atom is 0.324 e. The lowest BCUT2D eigenvalue weighted by atomic mass is 10.2. The van der Waals surface area contributed by atoms with Crippen molar-refractivity contribution in [2.75, 3.05) is 49.5 Å². The summed E-state index contributed by atoms with van der Waals surface area (Å²) in [6.07, 6.45) is -0.214. The maximum atomic E-state index is 15.2. The van der Waals surface area contributed by atoms with Crippen molar-refractivity contribution in [2.45, 2.75) is 38.3 Å². The molecule has 1 aliphatic heterocycles. The molecule has 1 aromatic heterocycles. The molecule has 4 aromatic rings. The Balaban J connectivity index is 1.20. The molecule has 3 aromatic carbocycles. The molecule has 3 N–H and O–H groups in total. The summed E-state index contributed by atoms with van der Waals surface area (Å²) in [7, 11) is -2.74. The van der Waals surface area contributed by atoms with E-state index >= 15 is 4.39 Å². The maximum absolute atomic E-state index is 15.2. The van der Waals surface area contributed by atoms with E-state index in [1.807, 2.05) is 36.4 Å². The zero-order chi connectivity index (χ0) is 34.3. The molecular weight excluding hydrogens is 667 g/mol. The molecule has 254 valence electrons. The van der Waals surface area contributed by atoms with E-state index < -0.39 is 20.2 Å². The van der Waals surface area contributed by atoms with Gasteiger partial charge in [-0.25, -0.2) is 9.18 Å². The first-order chi connectivity index (χ1) is 23.0. The number of amides is 3. The van der Waals surface area contributed by atoms with Crippen molar-refractivity contribution in [3.05, 3.63) is 106 Å². The number of nitrogens with one attached hydrogen (secondary N) is 2. The number of urea groups is 1. The molecule has 1 atom stereocenters. The van der Waals surface area contributed by atoms with Crippen LogP contribution in [0.15, 0.2) is 91.0 Å². The topological polar surface area (TPSA) is 94.1 Å². The Labute approximate surface area is 291 Å². The van der Waals surface area contributed by atoms with Crippen LogP contribution in [0.2, 0.25) is 9.37 Å². The number of thiophene rings is 1. The van der Waals surface area contributed by atoms with Crippen molar-refractivity contribution in [1.82, 2.24) is 10.2 Å². The van der Waals surface area contributed by atoms with Gasteiger partial charge >= 0.3 is 6.03 Å². The van der Waals surface area contributed by atoms with Crippen LogP contribution in [0.4, 0.5) is 20.6 Å². The van der Waals surface area contributed by atoms with Gasteiger partial charge in [0.15, 0.2) is 0 Å². The van der Waals surface area contributed by atoms with Gasteiger partial charge in [0, 0.05) is 38.4 Å². The smallest absolute Gasteiger partial charge is 0.324 e. The van der Waals surface area contributed by atoms with Gasteiger partial charge in [-0.2, -0.15) is 0 Å². The van der Waals surface area contributed by atoms with Crippen molar-refractivity contribution in [3.63, 3.8) is 0 Å². The summed E-state index contributed by atoms with van der Waals surface area (Å²) < 4.78 is 22.7. The lowest BCUT2D eigenvalue weighted by molar-refractivity contribution is 0.0925. The Morgan fingerprint density at radius 3 is 2.25 bits per heavy atom. The predicted molar refractivity (Wildman–Crippen MR) is 195 cm³/mol. The van der Waals surface area contributed by atoms with E-state index in [0.717, 1.165) is 17.8 Å². The van der Waals surface area contributed by atoms with Gasteiger partial charge in [0.05, 0.1) is 27.6 Å². The van der Waals surface area contributed by atoms with Crippen molar-refractivity contribution in [2.24, 2.45) is 0 Å². The number of nitrogens with zero attached hydrogens (tertiary/aromatic N) is 2. The molecule has 3 amide bonds. The van der Waals surface area contributed by atoms with Crippen LogP contribution in [-0.2, 0) is 4.43 Å². The molecule has 0 unspecified atom stereocenters. The fourth-order valence-corrected chi connectivity index (χ4v) is 11.7. The summed E-state index contributed by atoms with van der Waals surface area (Å²) in [4.78, 5) is 29.7. The van der Waals surface area contributed by atoms with Gasteiger partial charge in [0.25, 0.3) is 14.2 Å². The first-order valence-electron chi connectivity index (χ1n) is 16.1. The Hall–Kier alpha value is -3.74. The van der Waals surface area contributed by atoms with Crippen molar-refractivity contribution < 1.29 is 23.5 Å². The number of anilines is 2. The lowest BCUT2D eigenvalue weighted by Gasteiger charge is -2.43. The summed E-state index contributed by atoms with van der Waals surface area (Å²) in [5.74, 6) is -0.881. The number of carbonyl (C=O) groups excluding carboxylic acids is 2. The van der Waals surface area contributed by atoms with Gasteiger partial charge in [-0.15, -0.1) is 11.3 Å². The fraction of sp³-hybridized carbons (Fsp3) is 0.333. The van der Waals surface area contributed by atoms with Crippen LogP contribution in [0.1, 0.15) is 36.9 Å². The van der Waals surface area contributed by atoms with E-state index in [9.17, 15) is 14.7 Å². The molecule has 1 aliphatic rings. The lowest BCUT2D eigenvalue weighted by Crippen LogP contribution is -2.67. The number of aliphatic hydroxyl groups is 1. The summed E-state index contributed by atoms with van der Waals surface area (Å²) in [5, 5.41) is 18.1. The number of carbonyl (C=O) groups is 2. The molecule has 0 saturated carbocycles. The molecule has 0 aliphatic carbocycles. The third-order valence-electron chi connectivity index (χ3n) is 8.50. The molecule has 0 spiro atoms. The number of benzene rings is 3. The molecule has 0 bridgehead atoms. The first-order valence-corrected chi connectivity index (χ1v) is 19.2. The summed E-state index contributed by atoms with van der Waals surface area (Å²) in [6.45, 7) is 8.53. The highest BCUT2D eigenvalue weighted by atomic mass is 35.5. The Bertz CT molecular complexity index is 1650. The third kappa shape index (κ3) is 8.10. The highest BCUT2D eigenvalue weighted by molar-refractivity contribution is 7.18. The van der Waals surface area contributed by atoms with Gasteiger partial charge in [-0.05, 0) is 52.2 Å². The van der Waals surface area contributed by atoms with Crippen molar-refractivity contribution in [1.29, 1.82) is 0 Å². The molecule has 5 rings (SSSR count). The molecule has 12 heteroatoms. The predicted octanol–water partition coefficient (Wildman–Crippen LogP) is 5.95. The zero-order valence-corrected chi connectivity index (χ0v) is 30.0. The van der Waals surface area contributed by atoms with Gasteiger partial charge < -0.3 is 25.1 Å². The summed E-state index contributed by atoms with van der Waals surface area (Å²) in [6, 6.07) is 28.4. The SMILES string of the molecule is CC(C)(C)[Si](OCCN1CCCN(c2ccc(NC[C@@H](O)CNC(=O)c3ccc(Cl)s3)c(F)c2)C1=O)(c1ccccc1)c1ccccc1. The summed E-state index contributed by atoms with van der Waals surface area (Å²) in [5.41, 5.74) is 0.650. The number of aliphatic hydroxyl groups excluding tert-OH is 1. The van der Waals surface area contributed by atoms with E-state index in [4.69, 9.17) is 16.0 Å². The molecule has 1 fully saturated rings. The van der Waals surface area contributed by atoms with Crippen LogP contribution >= 0.6 is 22.9 Å². The van der Waals surface area contributed by atoms with Crippen molar-refractivity contribution >= 4 is 64.9 Å². The van der Waals surface area contributed by atoms with Gasteiger partial charge in [0.2, 0.25) is 0 Å². The largest absolute Gasteiger partial charge is 0.406 e. The van der Waals surface area contributed by atoms with Crippen LogP contribution in [-0.4, -0.2) is 75.7 Å². The zero-order valence-electron chi connectivity index (χ0n) is 27.4. The second-order valence-electron chi connectivity index (χ2n) is 12.8. The van der Waals surface area contributed by atoms with E-state index in [-0.39, 0.29) is 35.8 Å². The molecule has 0 radical (unpaired) electrons. The Kier molecular flexibility index (Phi) is 11.6. The van der Waals surface area contributed by atoms with Crippen LogP contribution in [0.5, 0.6) is 0 Å².